The molecular formula is C8H17NO. The van der Waals surface area contributed by atoms with Gasteiger partial charge in [-0.15, -0.1) is 0 Å². The molecule has 1 aliphatic rings. The van der Waals surface area contributed by atoms with Crippen molar-refractivity contribution in [3.05, 3.63) is 0 Å². The summed E-state index contributed by atoms with van der Waals surface area (Å²) in [7, 11) is 0. The van der Waals surface area contributed by atoms with Crippen LogP contribution in [0.4, 0.5) is 0 Å². The van der Waals surface area contributed by atoms with E-state index in [1.54, 1.807) is 0 Å². The van der Waals surface area contributed by atoms with E-state index in [2.05, 4.69) is 13.8 Å². The molecule has 0 radical (unpaired) electrons. The van der Waals surface area contributed by atoms with Crippen LogP contribution in [-0.2, 0) is 0 Å². The van der Waals surface area contributed by atoms with Crippen LogP contribution in [0.3, 0.4) is 0 Å². The first-order valence-corrected chi connectivity index (χ1v) is 3.87. The predicted octanol–water partition coefficient (Wildman–Crippen LogP) is 0.885. The van der Waals surface area contributed by atoms with Crippen molar-refractivity contribution in [3.63, 3.8) is 0 Å². The van der Waals surface area contributed by atoms with Gasteiger partial charge in [-0.1, -0.05) is 13.8 Å². The van der Waals surface area contributed by atoms with Crippen LogP contribution in [0.1, 0.15) is 33.6 Å². The number of nitrogens with two attached hydrogens (primary N) is 1. The molecule has 1 saturated carbocycles. The second kappa shape index (κ2) is 1.95. The third kappa shape index (κ3) is 1.18. The van der Waals surface area contributed by atoms with Gasteiger partial charge in [0.2, 0.25) is 0 Å². The van der Waals surface area contributed by atoms with Crippen LogP contribution in [0.25, 0.3) is 0 Å². The molecule has 0 aromatic rings. The zero-order chi connectivity index (χ0) is 7.99. The Morgan fingerprint density at radius 2 is 1.80 bits per heavy atom. The zero-order valence-electron chi connectivity index (χ0n) is 7.02. The van der Waals surface area contributed by atoms with Gasteiger partial charge >= 0.3 is 0 Å². The molecule has 1 fully saturated rings. The highest BCUT2D eigenvalue weighted by Crippen LogP contribution is 2.43. The molecule has 0 amide bonds. The fraction of sp³-hybridized carbons (Fsp3) is 1.00. The second-order valence-corrected chi connectivity index (χ2v) is 4.24. The fourth-order valence-corrected chi connectivity index (χ4v) is 1.77. The van der Waals surface area contributed by atoms with E-state index in [0.717, 1.165) is 12.8 Å². The van der Waals surface area contributed by atoms with Gasteiger partial charge in [0.05, 0.1) is 5.60 Å². The lowest BCUT2D eigenvalue weighted by Crippen LogP contribution is -2.63. The van der Waals surface area contributed by atoms with Gasteiger partial charge in [-0.2, -0.15) is 0 Å². The maximum Gasteiger partial charge on any atom is 0.0655 e. The van der Waals surface area contributed by atoms with Gasteiger partial charge in [-0.25, -0.2) is 0 Å². The zero-order valence-corrected chi connectivity index (χ0v) is 7.02. The van der Waals surface area contributed by atoms with Crippen molar-refractivity contribution in [2.45, 2.75) is 44.8 Å². The predicted molar refractivity (Wildman–Crippen MR) is 41.6 cm³/mol. The van der Waals surface area contributed by atoms with Gasteiger partial charge in [0.15, 0.2) is 0 Å². The molecule has 0 bridgehead atoms. The van der Waals surface area contributed by atoms with E-state index in [9.17, 15) is 5.11 Å². The van der Waals surface area contributed by atoms with Gasteiger partial charge in [0, 0.05) is 5.54 Å². The standard InChI is InChI=1S/C8H17NO/c1-6(2)8(9)4-7(3,10)5-8/h6,10H,4-5,9H2,1-3H3. The van der Waals surface area contributed by atoms with E-state index in [-0.39, 0.29) is 5.54 Å². The van der Waals surface area contributed by atoms with E-state index in [4.69, 9.17) is 5.73 Å². The highest BCUT2D eigenvalue weighted by molar-refractivity contribution is 5.07. The van der Waals surface area contributed by atoms with Gasteiger partial charge in [0.25, 0.3) is 0 Å². The molecule has 0 aromatic carbocycles. The summed E-state index contributed by atoms with van der Waals surface area (Å²) in [5.41, 5.74) is 5.38. The number of aliphatic hydroxyl groups is 1. The Hall–Kier alpha value is -0.0800. The number of rotatable bonds is 1. The van der Waals surface area contributed by atoms with Crippen LogP contribution in [0.2, 0.25) is 0 Å². The molecule has 0 atom stereocenters. The molecule has 0 aromatic heterocycles. The first-order valence-electron chi connectivity index (χ1n) is 3.87. The average molecular weight is 143 g/mol. The lowest BCUT2D eigenvalue weighted by molar-refractivity contribution is -0.0870. The van der Waals surface area contributed by atoms with Crippen molar-refractivity contribution in [2.75, 3.05) is 0 Å². The second-order valence-electron chi connectivity index (χ2n) is 4.24. The van der Waals surface area contributed by atoms with Gasteiger partial charge < -0.3 is 10.8 Å². The molecular weight excluding hydrogens is 126 g/mol. The summed E-state index contributed by atoms with van der Waals surface area (Å²) in [5.74, 6) is 0.479. The molecule has 2 nitrogen and oxygen atoms in total. The van der Waals surface area contributed by atoms with E-state index in [0.29, 0.717) is 5.92 Å². The highest BCUT2D eigenvalue weighted by Gasteiger charge is 2.49. The lowest BCUT2D eigenvalue weighted by Gasteiger charge is -2.52. The molecule has 0 aliphatic heterocycles. The Kier molecular flexibility index (Phi) is 1.57. The van der Waals surface area contributed by atoms with E-state index in [1.165, 1.54) is 0 Å². The maximum absolute atomic E-state index is 9.42. The van der Waals surface area contributed by atoms with Crippen LogP contribution >= 0.6 is 0 Å². The Balaban J connectivity index is 2.50. The molecule has 0 heterocycles. The molecule has 10 heavy (non-hydrogen) atoms. The van der Waals surface area contributed by atoms with Crippen molar-refractivity contribution in [1.29, 1.82) is 0 Å². The Bertz CT molecular complexity index is 132. The van der Waals surface area contributed by atoms with E-state index in [1.807, 2.05) is 6.92 Å². The largest absolute Gasteiger partial charge is 0.390 e. The van der Waals surface area contributed by atoms with Crippen LogP contribution in [-0.4, -0.2) is 16.2 Å². The Morgan fingerprint density at radius 3 is 1.90 bits per heavy atom. The van der Waals surface area contributed by atoms with Gasteiger partial charge in [-0.05, 0) is 25.7 Å². The van der Waals surface area contributed by atoms with Crippen molar-refractivity contribution >= 4 is 0 Å². The molecule has 3 N–H and O–H groups in total. The fourth-order valence-electron chi connectivity index (χ4n) is 1.77. The average Bonchev–Trinajstić information content (AvgIpc) is 1.59. The summed E-state index contributed by atoms with van der Waals surface area (Å²) < 4.78 is 0. The van der Waals surface area contributed by atoms with E-state index >= 15 is 0 Å². The van der Waals surface area contributed by atoms with Gasteiger partial charge in [-0.3, -0.25) is 0 Å². The van der Waals surface area contributed by atoms with Crippen molar-refractivity contribution in [3.8, 4) is 0 Å². The maximum atomic E-state index is 9.42. The van der Waals surface area contributed by atoms with Gasteiger partial charge in [0.1, 0.15) is 0 Å². The summed E-state index contributed by atoms with van der Waals surface area (Å²) in [6.07, 6.45) is 1.50. The Labute approximate surface area is 62.4 Å². The lowest BCUT2D eigenvalue weighted by atomic mass is 9.61. The van der Waals surface area contributed by atoms with Crippen LogP contribution in [0.15, 0.2) is 0 Å². The molecule has 1 aliphatic carbocycles. The minimum absolute atomic E-state index is 0.0938. The molecule has 1 rings (SSSR count). The van der Waals surface area contributed by atoms with Crippen molar-refractivity contribution in [2.24, 2.45) is 11.7 Å². The Morgan fingerprint density at radius 1 is 1.40 bits per heavy atom. The SMILES string of the molecule is CC(C)C1(N)CC(C)(O)C1. The number of hydrogen-bond acceptors (Lipinski definition) is 2. The summed E-state index contributed by atoms with van der Waals surface area (Å²) in [6, 6.07) is 0. The monoisotopic (exact) mass is 143 g/mol. The van der Waals surface area contributed by atoms with Crippen LogP contribution < -0.4 is 5.73 Å². The third-order valence-electron chi connectivity index (χ3n) is 2.57. The first-order chi connectivity index (χ1) is 4.36. The minimum atomic E-state index is -0.487. The highest BCUT2D eigenvalue weighted by atomic mass is 16.3. The van der Waals surface area contributed by atoms with Crippen molar-refractivity contribution < 1.29 is 5.11 Å². The normalized spacial score (nSPS) is 47.4. The smallest absolute Gasteiger partial charge is 0.0655 e. The van der Waals surface area contributed by atoms with Crippen LogP contribution in [0.5, 0.6) is 0 Å². The third-order valence-corrected chi connectivity index (χ3v) is 2.57. The van der Waals surface area contributed by atoms with E-state index < -0.39 is 5.60 Å². The molecule has 60 valence electrons. The summed E-state index contributed by atoms with van der Waals surface area (Å²) in [5, 5.41) is 9.42. The summed E-state index contributed by atoms with van der Waals surface area (Å²) in [4.78, 5) is 0. The molecule has 2 heteroatoms. The summed E-state index contributed by atoms with van der Waals surface area (Å²) in [6.45, 7) is 6.06. The molecule has 0 spiro atoms. The van der Waals surface area contributed by atoms with Crippen LogP contribution in [0, 0.1) is 5.92 Å². The number of hydrogen-bond donors (Lipinski definition) is 2. The summed E-state index contributed by atoms with van der Waals surface area (Å²) >= 11 is 0. The first kappa shape index (κ1) is 8.02. The molecule has 0 unspecified atom stereocenters. The minimum Gasteiger partial charge on any atom is -0.390 e. The van der Waals surface area contributed by atoms with Crippen molar-refractivity contribution in [1.82, 2.24) is 0 Å². The quantitative estimate of drug-likeness (QED) is 0.572. The topological polar surface area (TPSA) is 46.2 Å². The molecule has 0 saturated heterocycles.